The number of cyclic esters (lactones) is 1. The molecule has 5 nitrogen and oxygen atoms in total. The summed E-state index contributed by atoms with van der Waals surface area (Å²) in [5.74, 6) is -0.118. The van der Waals surface area contributed by atoms with Crippen molar-refractivity contribution in [1.82, 2.24) is 5.32 Å². The molecule has 0 spiro atoms. The summed E-state index contributed by atoms with van der Waals surface area (Å²) in [6.45, 7) is 4.49. The number of amides is 2. The van der Waals surface area contributed by atoms with Gasteiger partial charge in [0.2, 0.25) is 5.91 Å². The van der Waals surface area contributed by atoms with Crippen molar-refractivity contribution < 1.29 is 14.3 Å². The molecule has 2 unspecified atom stereocenters. The van der Waals surface area contributed by atoms with Gasteiger partial charge in [0.15, 0.2) is 0 Å². The molecular weight excluding hydrogens is 288 g/mol. The van der Waals surface area contributed by atoms with Crippen LogP contribution < -0.4 is 10.2 Å². The maximum atomic E-state index is 12.0. The molecular formula is C15H18N2O3S. The minimum Gasteiger partial charge on any atom is -0.442 e. The summed E-state index contributed by atoms with van der Waals surface area (Å²) < 4.78 is 5.29. The Labute approximate surface area is 128 Å². The number of fused-ring (bicyclic) bond motifs is 1. The highest BCUT2D eigenvalue weighted by molar-refractivity contribution is 8.00. The Hall–Kier alpha value is -1.69. The average Bonchev–Trinajstić information content (AvgIpc) is 2.97. The quantitative estimate of drug-likeness (QED) is 0.930. The van der Waals surface area contributed by atoms with E-state index in [0.29, 0.717) is 18.3 Å². The molecule has 0 radical (unpaired) electrons. The topological polar surface area (TPSA) is 58.6 Å². The number of carbonyl (C=O) groups excluding carboxylic acids is 2. The number of nitrogens with zero attached hydrogens (tertiary/aromatic N) is 1. The molecule has 1 fully saturated rings. The Balaban J connectivity index is 1.71. The van der Waals surface area contributed by atoms with E-state index in [0.717, 1.165) is 12.1 Å². The first kappa shape index (κ1) is 14.3. The number of ether oxygens (including phenoxy) is 1. The normalized spacial score (nSPS) is 23.9. The van der Waals surface area contributed by atoms with Crippen molar-refractivity contribution in [1.29, 1.82) is 0 Å². The van der Waals surface area contributed by atoms with Crippen LogP contribution in [-0.4, -0.2) is 36.4 Å². The van der Waals surface area contributed by atoms with Crippen molar-refractivity contribution in [2.75, 3.05) is 18.0 Å². The van der Waals surface area contributed by atoms with Crippen molar-refractivity contribution in [3.8, 4) is 0 Å². The maximum absolute atomic E-state index is 12.0. The summed E-state index contributed by atoms with van der Waals surface area (Å²) in [6, 6.07) is 6.12. The van der Waals surface area contributed by atoms with E-state index in [4.69, 9.17) is 4.74 Å². The van der Waals surface area contributed by atoms with Crippen LogP contribution >= 0.6 is 11.8 Å². The summed E-state index contributed by atoms with van der Waals surface area (Å²) in [7, 11) is 0. The molecule has 0 bridgehead atoms. The predicted molar refractivity (Wildman–Crippen MR) is 81.8 cm³/mol. The first-order valence-corrected chi connectivity index (χ1v) is 7.93. The molecule has 1 aromatic carbocycles. The van der Waals surface area contributed by atoms with Crippen LogP contribution in [0.2, 0.25) is 0 Å². The zero-order valence-electron chi connectivity index (χ0n) is 12.1. The highest BCUT2D eigenvalue weighted by atomic mass is 32.2. The van der Waals surface area contributed by atoms with Gasteiger partial charge in [0.25, 0.3) is 0 Å². The van der Waals surface area contributed by atoms with Gasteiger partial charge in [-0.05, 0) is 30.2 Å². The third-order valence-electron chi connectivity index (χ3n) is 3.64. The van der Waals surface area contributed by atoms with Crippen LogP contribution in [0.4, 0.5) is 10.5 Å². The average molecular weight is 306 g/mol. The van der Waals surface area contributed by atoms with Crippen LogP contribution in [0.5, 0.6) is 0 Å². The molecule has 0 saturated carbocycles. The summed E-state index contributed by atoms with van der Waals surface area (Å²) in [6.07, 6.45) is 0.401. The second-order valence-electron chi connectivity index (χ2n) is 5.48. The number of anilines is 1. The molecule has 2 heterocycles. The second-order valence-corrected chi connectivity index (χ2v) is 6.96. The Morgan fingerprint density at radius 2 is 2.33 bits per heavy atom. The highest BCUT2D eigenvalue weighted by Gasteiger charge is 2.33. The van der Waals surface area contributed by atoms with Gasteiger partial charge in [-0.2, -0.15) is 0 Å². The lowest BCUT2D eigenvalue weighted by Crippen LogP contribution is -2.33. The molecule has 2 amide bonds. The van der Waals surface area contributed by atoms with Gasteiger partial charge in [0.05, 0.1) is 13.1 Å². The van der Waals surface area contributed by atoms with Gasteiger partial charge < -0.3 is 10.1 Å². The first-order valence-electron chi connectivity index (χ1n) is 7.05. The lowest BCUT2D eigenvalue weighted by atomic mass is 10.1. The number of rotatable bonds is 3. The van der Waals surface area contributed by atoms with Crippen molar-refractivity contribution >= 4 is 29.4 Å². The van der Waals surface area contributed by atoms with E-state index in [1.54, 1.807) is 4.90 Å². The number of hydrogen-bond donors (Lipinski definition) is 1. The van der Waals surface area contributed by atoms with E-state index in [1.165, 1.54) is 17.4 Å². The van der Waals surface area contributed by atoms with E-state index >= 15 is 0 Å². The molecule has 1 saturated heterocycles. The molecule has 2 aliphatic rings. The van der Waals surface area contributed by atoms with Gasteiger partial charge in [-0.1, -0.05) is 6.92 Å². The van der Waals surface area contributed by atoms with E-state index in [-0.39, 0.29) is 18.1 Å². The fraction of sp³-hybridized carbons (Fsp3) is 0.467. The predicted octanol–water partition coefficient (Wildman–Crippen LogP) is 2.18. The molecule has 1 N–H and O–H groups in total. The first-order chi connectivity index (χ1) is 10.0. The van der Waals surface area contributed by atoms with Crippen molar-refractivity contribution in [2.24, 2.45) is 0 Å². The molecule has 0 aromatic heterocycles. The van der Waals surface area contributed by atoms with Crippen LogP contribution in [0.15, 0.2) is 23.1 Å². The number of benzene rings is 1. The van der Waals surface area contributed by atoms with Crippen LogP contribution in [-0.2, 0) is 16.0 Å². The fourth-order valence-electron chi connectivity index (χ4n) is 2.67. The third kappa shape index (κ3) is 3.00. The fourth-order valence-corrected chi connectivity index (χ4v) is 3.81. The number of carbonyl (C=O) groups is 2. The van der Waals surface area contributed by atoms with Crippen molar-refractivity contribution in [2.45, 2.75) is 36.5 Å². The largest absolute Gasteiger partial charge is 0.442 e. The molecule has 2 atom stereocenters. The van der Waals surface area contributed by atoms with Gasteiger partial charge >= 0.3 is 6.09 Å². The lowest BCUT2D eigenvalue weighted by molar-refractivity contribution is -0.119. The van der Waals surface area contributed by atoms with E-state index in [1.807, 2.05) is 17.8 Å². The second kappa shape index (κ2) is 5.60. The molecule has 112 valence electrons. The monoisotopic (exact) mass is 306 g/mol. The van der Waals surface area contributed by atoms with Crippen LogP contribution in [0.1, 0.15) is 19.4 Å². The Kier molecular flexibility index (Phi) is 3.80. The minimum atomic E-state index is -0.344. The Bertz CT molecular complexity index is 590. The lowest BCUT2D eigenvalue weighted by Gasteiger charge is -2.14. The molecule has 2 aliphatic heterocycles. The SMILES string of the molecule is CC(=O)NCC1CN(c2ccc3c(c2)CC(C)S3)C(=O)O1. The summed E-state index contributed by atoms with van der Waals surface area (Å²) in [5, 5.41) is 3.27. The highest BCUT2D eigenvalue weighted by Crippen LogP contribution is 2.39. The number of thioether (sulfide) groups is 1. The minimum absolute atomic E-state index is 0.118. The zero-order chi connectivity index (χ0) is 15.0. The van der Waals surface area contributed by atoms with Gasteiger partial charge in [0, 0.05) is 22.8 Å². The van der Waals surface area contributed by atoms with Gasteiger partial charge in [0.1, 0.15) is 6.10 Å². The molecule has 21 heavy (non-hydrogen) atoms. The molecule has 1 aromatic rings. The summed E-state index contributed by atoms with van der Waals surface area (Å²) in [4.78, 5) is 25.8. The Morgan fingerprint density at radius 3 is 3.10 bits per heavy atom. The van der Waals surface area contributed by atoms with Crippen molar-refractivity contribution in [3.63, 3.8) is 0 Å². The Morgan fingerprint density at radius 1 is 1.52 bits per heavy atom. The van der Waals surface area contributed by atoms with Crippen LogP contribution in [0.3, 0.4) is 0 Å². The van der Waals surface area contributed by atoms with E-state index in [2.05, 4.69) is 24.4 Å². The van der Waals surface area contributed by atoms with Crippen molar-refractivity contribution in [3.05, 3.63) is 23.8 Å². The van der Waals surface area contributed by atoms with Gasteiger partial charge in [-0.25, -0.2) is 4.79 Å². The van der Waals surface area contributed by atoms with E-state index < -0.39 is 0 Å². The molecule has 0 aliphatic carbocycles. The van der Waals surface area contributed by atoms with E-state index in [9.17, 15) is 9.59 Å². The van der Waals surface area contributed by atoms with Crippen LogP contribution in [0.25, 0.3) is 0 Å². The molecule has 6 heteroatoms. The third-order valence-corrected chi connectivity index (χ3v) is 4.87. The standard InChI is InChI=1S/C15H18N2O3S/c1-9-5-11-6-12(3-4-14(11)21-9)17-8-13(20-15(17)19)7-16-10(2)18/h3-4,6,9,13H,5,7-8H2,1-2H3,(H,16,18). The maximum Gasteiger partial charge on any atom is 0.414 e. The number of nitrogens with one attached hydrogen (secondary N) is 1. The zero-order valence-corrected chi connectivity index (χ0v) is 12.9. The van der Waals surface area contributed by atoms with Crippen LogP contribution in [0, 0.1) is 0 Å². The molecule has 3 rings (SSSR count). The summed E-state index contributed by atoms with van der Waals surface area (Å²) >= 11 is 1.87. The smallest absolute Gasteiger partial charge is 0.414 e. The summed E-state index contributed by atoms with van der Waals surface area (Å²) in [5.41, 5.74) is 2.17. The van der Waals surface area contributed by atoms with Gasteiger partial charge in [-0.3, -0.25) is 9.69 Å². The number of hydrogen-bond acceptors (Lipinski definition) is 4. The van der Waals surface area contributed by atoms with Gasteiger partial charge in [-0.15, -0.1) is 11.8 Å².